The Hall–Kier alpha value is -1.95. The van der Waals surface area contributed by atoms with Gasteiger partial charge in [-0.15, -0.1) is 0 Å². The Morgan fingerprint density at radius 3 is 2.76 bits per heavy atom. The fourth-order valence-corrected chi connectivity index (χ4v) is 3.81. The molecule has 2 aromatic carbocycles. The van der Waals surface area contributed by atoms with E-state index in [1.54, 1.807) is 40.5 Å². The van der Waals surface area contributed by atoms with Gasteiger partial charge in [-0.3, -0.25) is 9.69 Å². The maximum absolute atomic E-state index is 13.1. The van der Waals surface area contributed by atoms with Gasteiger partial charge in [-0.1, -0.05) is 35.1 Å². The topological polar surface area (TPSA) is 37.6 Å². The zero-order chi connectivity index (χ0) is 18.0. The lowest BCUT2D eigenvalue weighted by Gasteiger charge is -2.20. The van der Waals surface area contributed by atoms with Crippen LogP contribution in [0.2, 0.25) is 5.02 Å². The minimum Gasteiger partial charge on any atom is -0.338 e. The van der Waals surface area contributed by atoms with Crippen molar-refractivity contribution in [3.8, 4) is 0 Å². The smallest absolute Gasteiger partial charge is 0.260 e. The molecule has 25 heavy (non-hydrogen) atoms. The highest BCUT2D eigenvalue weighted by molar-refractivity contribution is 7.22. The molecule has 0 saturated heterocycles. The standard InChI is InChI=1S/C19H20ClN3OS/c1-13-7-8-16-17(11-13)25-19(21-16)23(10-9-22(2)3)18(24)14-5-4-6-15(20)12-14/h4-8,11-12H,9-10H2,1-3H3/p+1. The van der Waals surface area contributed by atoms with Gasteiger partial charge >= 0.3 is 0 Å². The van der Waals surface area contributed by atoms with Gasteiger partial charge in [0.25, 0.3) is 5.91 Å². The second-order valence-electron chi connectivity index (χ2n) is 6.39. The van der Waals surface area contributed by atoms with E-state index in [9.17, 15) is 4.79 Å². The summed E-state index contributed by atoms with van der Waals surface area (Å²) in [4.78, 5) is 20.8. The second-order valence-corrected chi connectivity index (χ2v) is 7.84. The lowest BCUT2D eigenvalue weighted by Crippen LogP contribution is -3.06. The summed E-state index contributed by atoms with van der Waals surface area (Å²) >= 11 is 7.61. The lowest BCUT2D eigenvalue weighted by molar-refractivity contribution is -0.856. The molecular formula is C19H21ClN3OS+. The maximum Gasteiger partial charge on any atom is 0.260 e. The van der Waals surface area contributed by atoms with Crippen LogP contribution in [0.15, 0.2) is 42.5 Å². The minimum absolute atomic E-state index is 0.0699. The van der Waals surface area contributed by atoms with Gasteiger partial charge in [-0.05, 0) is 42.8 Å². The summed E-state index contributed by atoms with van der Waals surface area (Å²) in [5.74, 6) is -0.0699. The Morgan fingerprint density at radius 2 is 2.04 bits per heavy atom. The first kappa shape index (κ1) is 17.9. The van der Waals surface area contributed by atoms with Crippen molar-refractivity contribution >= 4 is 44.2 Å². The van der Waals surface area contributed by atoms with Crippen molar-refractivity contribution in [3.63, 3.8) is 0 Å². The van der Waals surface area contributed by atoms with Gasteiger partial charge in [0.2, 0.25) is 0 Å². The van der Waals surface area contributed by atoms with Crippen molar-refractivity contribution in [3.05, 3.63) is 58.6 Å². The molecule has 0 fully saturated rings. The molecule has 0 saturated carbocycles. The highest BCUT2D eigenvalue weighted by Crippen LogP contribution is 2.30. The Morgan fingerprint density at radius 1 is 1.24 bits per heavy atom. The van der Waals surface area contributed by atoms with E-state index in [-0.39, 0.29) is 5.91 Å². The molecule has 0 unspecified atom stereocenters. The molecule has 3 rings (SSSR count). The first-order valence-corrected chi connectivity index (χ1v) is 9.37. The van der Waals surface area contributed by atoms with Gasteiger partial charge in [-0.25, -0.2) is 4.98 Å². The van der Waals surface area contributed by atoms with Crippen LogP contribution >= 0.6 is 22.9 Å². The predicted octanol–water partition coefficient (Wildman–Crippen LogP) is 3.05. The summed E-state index contributed by atoms with van der Waals surface area (Å²) in [6.07, 6.45) is 0. The molecule has 0 spiro atoms. The number of fused-ring (bicyclic) bond motifs is 1. The zero-order valence-corrected chi connectivity index (χ0v) is 16.1. The zero-order valence-electron chi connectivity index (χ0n) is 14.5. The molecule has 0 atom stereocenters. The van der Waals surface area contributed by atoms with Crippen LogP contribution in [0.3, 0.4) is 0 Å². The van der Waals surface area contributed by atoms with Gasteiger partial charge in [0.15, 0.2) is 5.13 Å². The third-order valence-corrected chi connectivity index (χ3v) is 5.19. The summed E-state index contributed by atoms with van der Waals surface area (Å²) < 4.78 is 1.09. The largest absolute Gasteiger partial charge is 0.338 e. The number of hydrogen-bond acceptors (Lipinski definition) is 3. The monoisotopic (exact) mass is 374 g/mol. The quantitative estimate of drug-likeness (QED) is 0.745. The van der Waals surface area contributed by atoms with E-state index >= 15 is 0 Å². The van der Waals surface area contributed by atoms with E-state index in [0.717, 1.165) is 21.9 Å². The lowest BCUT2D eigenvalue weighted by atomic mass is 10.2. The number of aromatic nitrogens is 1. The van der Waals surface area contributed by atoms with E-state index in [4.69, 9.17) is 11.6 Å². The van der Waals surface area contributed by atoms with Gasteiger partial charge in [-0.2, -0.15) is 0 Å². The van der Waals surface area contributed by atoms with E-state index in [2.05, 4.69) is 32.1 Å². The third kappa shape index (κ3) is 4.18. The minimum atomic E-state index is -0.0699. The first-order valence-electron chi connectivity index (χ1n) is 8.17. The number of hydrogen-bond donors (Lipinski definition) is 1. The van der Waals surface area contributed by atoms with Crippen LogP contribution in [0, 0.1) is 6.92 Å². The molecule has 0 radical (unpaired) electrons. The number of nitrogens with one attached hydrogen (secondary N) is 1. The molecule has 1 amide bonds. The van der Waals surface area contributed by atoms with Crippen LogP contribution in [0.25, 0.3) is 10.2 Å². The number of quaternary nitrogens is 1. The van der Waals surface area contributed by atoms with E-state index < -0.39 is 0 Å². The Bertz CT molecular complexity index is 907. The maximum atomic E-state index is 13.1. The van der Waals surface area contributed by atoms with Crippen molar-refractivity contribution in [2.45, 2.75) is 6.92 Å². The van der Waals surface area contributed by atoms with Gasteiger partial charge in [0.1, 0.15) is 0 Å². The molecule has 6 heteroatoms. The van der Waals surface area contributed by atoms with Crippen molar-refractivity contribution in [2.75, 3.05) is 32.1 Å². The van der Waals surface area contributed by atoms with E-state index in [1.807, 2.05) is 12.1 Å². The highest BCUT2D eigenvalue weighted by atomic mass is 35.5. The summed E-state index contributed by atoms with van der Waals surface area (Å²) in [5, 5.41) is 1.29. The third-order valence-electron chi connectivity index (χ3n) is 3.92. The Balaban J connectivity index is 1.99. The molecule has 0 bridgehead atoms. The number of likely N-dealkylation sites (N-methyl/N-ethyl adjacent to an activating group) is 1. The van der Waals surface area contributed by atoms with Gasteiger partial charge < -0.3 is 4.90 Å². The van der Waals surface area contributed by atoms with Crippen LogP contribution in [0.4, 0.5) is 5.13 Å². The van der Waals surface area contributed by atoms with Gasteiger partial charge in [0.05, 0.1) is 37.4 Å². The normalized spacial score (nSPS) is 11.2. The van der Waals surface area contributed by atoms with E-state index in [0.29, 0.717) is 17.1 Å². The van der Waals surface area contributed by atoms with Crippen LogP contribution in [0.1, 0.15) is 15.9 Å². The molecule has 130 valence electrons. The van der Waals surface area contributed by atoms with E-state index in [1.165, 1.54) is 10.5 Å². The molecule has 1 N–H and O–H groups in total. The van der Waals surface area contributed by atoms with Crippen molar-refractivity contribution in [1.82, 2.24) is 4.98 Å². The molecular weight excluding hydrogens is 354 g/mol. The molecule has 1 aromatic heterocycles. The summed E-state index contributed by atoms with van der Waals surface area (Å²) in [5.41, 5.74) is 2.69. The average molecular weight is 375 g/mol. The average Bonchev–Trinajstić information content (AvgIpc) is 2.97. The second kappa shape index (κ2) is 7.52. The van der Waals surface area contributed by atoms with Crippen molar-refractivity contribution < 1.29 is 9.69 Å². The van der Waals surface area contributed by atoms with Gasteiger partial charge in [0, 0.05) is 10.6 Å². The summed E-state index contributed by atoms with van der Waals surface area (Å²) in [6.45, 7) is 3.50. The number of halogens is 1. The Labute approximate surface area is 156 Å². The van der Waals surface area contributed by atoms with Crippen molar-refractivity contribution in [2.24, 2.45) is 0 Å². The number of amides is 1. The van der Waals surface area contributed by atoms with Crippen LogP contribution in [0.5, 0.6) is 0 Å². The number of nitrogens with zero attached hydrogens (tertiary/aromatic N) is 2. The van der Waals surface area contributed by atoms with Crippen LogP contribution in [-0.2, 0) is 0 Å². The number of anilines is 1. The highest BCUT2D eigenvalue weighted by Gasteiger charge is 2.22. The first-order chi connectivity index (χ1) is 11.9. The number of rotatable bonds is 5. The molecule has 1 heterocycles. The predicted molar refractivity (Wildman–Crippen MR) is 105 cm³/mol. The Kier molecular flexibility index (Phi) is 5.37. The van der Waals surface area contributed by atoms with Crippen LogP contribution in [-0.4, -0.2) is 38.1 Å². The fourth-order valence-electron chi connectivity index (χ4n) is 2.53. The molecule has 0 aliphatic heterocycles. The fraction of sp³-hybridized carbons (Fsp3) is 0.263. The number of carbonyl (C=O) groups excluding carboxylic acids is 1. The molecule has 3 aromatic rings. The molecule has 0 aliphatic carbocycles. The SMILES string of the molecule is Cc1ccc2nc(N(CC[NH+](C)C)C(=O)c3cccc(Cl)c3)sc2c1. The number of benzene rings is 2. The molecule has 4 nitrogen and oxygen atoms in total. The molecule has 0 aliphatic rings. The summed E-state index contributed by atoms with van der Waals surface area (Å²) in [6, 6.07) is 13.2. The van der Waals surface area contributed by atoms with Crippen molar-refractivity contribution in [1.29, 1.82) is 0 Å². The number of carbonyl (C=O) groups is 1. The number of aryl methyl sites for hydroxylation is 1. The summed E-state index contributed by atoms with van der Waals surface area (Å²) in [7, 11) is 4.15. The van der Waals surface area contributed by atoms with Crippen LogP contribution < -0.4 is 9.80 Å². The number of thiazole rings is 1.